The maximum Gasteiger partial charge on any atom is 0.194 e. The minimum Gasteiger partial charge on any atom is -0.357 e. The van der Waals surface area contributed by atoms with Crippen LogP contribution in [0.5, 0.6) is 0 Å². The van der Waals surface area contributed by atoms with Gasteiger partial charge < -0.3 is 15.1 Å². The van der Waals surface area contributed by atoms with Crippen molar-refractivity contribution in [2.24, 2.45) is 4.99 Å². The maximum atomic E-state index is 4.90. The van der Waals surface area contributed by atoms with Gasteiger partial charge in [0.05, 0.1) is 6.54 Å². The van der Waals surface area contributed by atoms with Crippen molar-refractivity contribution in [2.45, 2.75) is 19.5 Å². The Kier molecular flexibility index (Phi) is 7.52. The Morgan fingerprint density at radius 3 is 2.79 bits per heavy atom. The zero-order chi connectivity index (χ0) is 17.5. The number of guanidine groups is 1. The Hall–Kier alpha value is -1.11. The highest BCUT2D eigenvalue weighted by atomic mass is 79.9. The van der Waals surface area contributed by atoms with Crippen LogP contribution >= 0.6 is 15.9 Å². The van der Waals surface area contributed by atoms with Crippen molar-refractivity contribution in [1.29, 1.82) is 0 Å². The fourth-order valence-corrected chi connectivity index (χ4v) is 3.33. The van der Waals surface area contributed by atoms with E-state index in [4.69, 9.17) is 4.99 Å². The molecule has 0 amide bonds. The molecule has 134 valence electrons. The molecule has 1 aromatic carbocycles. The SMILES string of the molecule is CCNC(=NCC1CN(C)CCN1C)N(C)Cc1ccccc1Br. The second-order valence-electron chi connectivity index (χ2n) is 6.54. The van der Waals surface area contributed by atoms with Crippen LogP contribution in [0.1, 0.15) is 12.5 Å². The van der Waals surface area contributed by atoms with E-state index in [2.05, 4.69) is 82.2 Å². The Morgan fingerprint density at radius 1 is 1.33 bits per heavy atom. The lowest BCUT2D eigenvalue weighted by atomic mass is 10.2. The van der Waals surface area contributed by atoms with Gasteiger partial charge in [0, 0.05) is 50.3 Å². The number of piperazine rings is 1. The average Bonchev–Trinajstić information content (AvgIpc) is 2.56. The molecule has 0 aliphatic carbocycles. The van der Waals surface area contributed by atoms with Crippen LogP contribution in [-0.4, -0.2) is 80.6 Å². The molecular formula is C18H30BrN5. The van der Waals surface area contributed by atoms with Crippen LogP contribution in [-0.2, 0) is 6.54 Å². The minimum atomic E-state index is 0.481. The first-order chi connectivity index (χ1) is 11.5. The van der Waals surface area contributed by atoms with Gasteiger partial charge in [0.2, 0.25) is 0 Å². The van der Waals surface area contributed by atoms with E-state index in [1.807, 2.05) is 6.07 Å². The molecule has 1 heterocycles. The summed E-state index contributed by atoms with van der Waals surface area (Å²) in [6.07, 6.45) is 0. The molecule has 6 heteroatoms. The number of hydrogen-bond acceptors (Lipinski definition) is 3. The fourth-order valence-electron chi connectivity index (χ4n) is 2.92. The highest BCUT2D eigenvalue weighted by Gasteiger charge is 2.22. The number of aliphatic imine (C=N–C) groups is 1. The van der Waals surface area contributed by atoms with Gasteiger partial charge in [0.15, 0.2) is 5.96 Å². The lowest BCUT2D eigenvalue weighted by Crippen LogP contribution is -2.51. The van der Waals surface area contributed by atoms with Crippen LogP contribution in [0.25, 0.3) is 0 Å². The minimum absolute atomic E-state index is 0.481. The second kappa shape index (κ2) is 9.39. The third-order valence-corrected chi connectivity index (χ3v) is 5.27. The summed E-state index contributed by atoms with van der Waals surface area (Å²) in [5.41, 5.74) is 1.26. The summed E-state index contributed by atoms with van der Waals surface area (Å²) < 4.78 is 1.14. The number of nitrogens with one attached hydrogen (secondary N) is 1. The third-order valence-electron chi connectivity index (χ3n) is 4.49. The highest BCUT2D eigenvalue weighted by molar-refractivity contribution is 9.10. The van der Waals surface area contributed by atoms with E-state index in [0.29, 0.717) is 6.04 Å². The summed E-state index contributed by atoms with van der Waals surface area (Å²) in [6.45, 7) is 7.96. The molecule has 2 rings (SSSR count). The first kappa shape index (κ1) is 19.2. The van der Waals surface area contributed by atoms with Crippen LogP contribution in [0.3, 0.4) is 0 Å². The number of halogens is 1. The van der Waals surface area contributed by atoms with Crippen LogP contribution in [0.2, 0.25) is 0 Å². The van der Waals surface area contributed by atoms with E-state index in [1.54, 1.807) is 0 Å². The van der Waals surface area contributed by atoms with E-state index in [-0.39, 0.29) is 0 Å². The quantitative estimate of drug-likeness (QED) is 0.611. The molecule has 1 fully saturated rings. The summed E-state index contributed by atoms with van der Waals surface area (Å²) >= 11 is 3.63. The van der Waals surface area contributed by atoms with Gasteiger partial charge in [-0.25, -0.2) is 0 Å². The molecule has 0 spiro atoms. The van der Waals surface area contributed by atoms with Crippen molar-refractivity contribution in [3.8, 4) is 0 Å². The van der Waals surface area contributed by atoms with E-state index in [1.165, 1.54) is 5.56 Å². The predicted octanol–water partition coefficient (Wildman–Crippen LogP) is 2.09. The summed E-state index contributed by atoms with van der Waals surface area (Å²) in [7, 11) is 6.48. The average molecular weight is 396 g/mol. The maximum absolute atomic E-state index is 4.90. The molecule has 5 nitrogen and oxygen atoms in total. The van der Waals surface area contributed by atoms with Crippen molar-refractivity contribution in [2.75, 3.05) is 53.9 Å². The smallest absolute Gasteiger partial charge is 0.194 e. The molecule has 1 N–H and O–H groups in total. The zero-order valence-electron chi connectivity index (χ0n) is 15.3. The number of rotatable bonds is 5. The lowest BCUT2D eigenvalue weighted by Gasteiger charge is -2.37. The predicted molar refractivity (Wildman–Crippen MR) is 106 cm³/mol. The number of likely N-dealkylation sites (N-methyl/N-ethyl adjacent to an activating group) is 2. The van der Waals surface area contributed by atoms with Gasteiger partial charge in [-0.3, -0.25) is 9.89 Å². The molecule has 24 heavy (non-hydrogen) atoms. The van der Waals surface area contributed by atoms with Crippen LogP contribution in [0.4, 0.5) is 0 Å². The van der Waals surface area contributed by atoms with Gasteiger partial charge in [-0.15, -0.1) is 0 Å². The summed E-state index contributed by atoms with van der Waals surface area (Å²) in [5.74, 6) is 0.967. The monoisotopic (exact) mass is 395 g/mol. The third kappa shape index (κ3) is 5.46. The molecule has 1 atom stereocenters. The van der Waals surface area contributed by atoms with Crippen molar-refractivity contribution >= 4 is 21.9 Å². The van der Waals surface area contributed by atoms with Crippen molar-refractivity contribution in [3.63, 3.8) is 0 Å². The molecule has 1 aliphatic rings. The van der Waals surface area contributed by atoms with Crippen LogP contribution in [0.15, 0.2) is 33.7 Å². The van der Waals surface area contributed by atoms with Gasteiger partial charge in [0.25, 0.3) is 0 Å². The number of benzene rings is 1. The van der Waals surface area contributed by atoms with E-state index in [0.717, 1.165) is 49.7 Å². The first-order valence-corrected chi connectivity index (χ1v) is 9.42. The zero-order valence-corrected chi connectivity index (χ0v) is 16.9. The topological polar surface area (TPSA) is 34.1 Å². The molecule has 1 unspecified atom stereocenters. The second-order valence-corrected chi connectivity index (χ2v) is 7.39. The van der Waals surface area contributed by atoms with E-state index in [9.17, 15) is 0 Å². The van der Waals surface area contributed by atoms with Gasteiger partial charge >= 0.3 is 0 Å². The normalized spacial score (nSPS) is 20.2. The molecule has 0 radical (unpaired) electrons. The highest BCUT2D eigenvalue weighted by Crippen LogP contribution is 2.17. The van der Waals surface area contributed by atoms with Crippen LogP contribution < -0.4 is 5.32 Å². The molecule has 0 aromatic heterocycles. The van der Waals surface area contributed by atoms with E-state index < -0.39 is 0 Å². The number of hydrogen-bond donors (Lipinski definition) is 1. The standard InChI is InChI=1S/C18H30BrN5/c1-5-20-18(21-12-16-14-22(2)10-11-23(16)3)24(4)13-15-8-6-7-9-17(15)19/h6-9,16H,5,10-14H2,1-4H3,(H,20,21). The Balaban J connectivity index is 2.02. The van der Waals surface area contributed by atoms with Crippen molar-refractivity contribution < 1.29 is 0 Å². The molecule has 0 saturated carbocycles. The first-order valence-electron chi connectivity index (χ1n) is 8.63. The van der Waals surface area contributed by atoms with Crippen molar-refractivity contribution in [1.82, 2.24) is 20.0 Å². The summed E-state index contributed by atoms with van der Waals surface area (Å²) in [5, 5.41) is 3.42. The summed E-state index contributed by atoms with van der Waals surface area (Å²) in [6, 6.07) is 8.83. The fraction of sp³-hybridized carbons (Fsp3) is 0.611. The largest absolute Gasteiger partial charge is 0.357 e. The van der Waals surface area contributed by atoms with Gasteiger partial charge in [-0.2, -0.15) is 0 Å². The van der Waals surface area contributed by atoms with Gasteiger partial charge in [0.1, 0.15) is 0 Å². The molecular weight excluding hydrogens is 366 g/mol. The van der Waals surface area contributed by atoms with Crippen molar-refractivity contribution in [3.05, 3.63) is 34.3 Å². The molecule has 1 saturated heterocycles. The van der Waals surface area contributed by atoms with Gasteiger partial charge in [-0.1, -0.05) is 34.1 Å². The summed E-state index contributed by atoms with van der Waals surface area (Å²) in [4.78, 5) is 11.9. The van der Waals surface area contributed by atoms with Crippen LogP contribution in [0, 0.1) is 0 Å². The molecule has 1 aromatic rings. The Bertz CT molecular complexity index is 548. The molecule has 1 aliphatic heterocycles. The number of nitrogens with zero attached hydrogens (tertiary/aromatic N) is 4. The van der Waals surface area contributed by atoms with Gasteiger partial charge in [-0.05, 0) is 32.6 Å². The molecule has 0 bridgehead atoms. The van der Waals surface area contributed by atoms with E-state index >= 15 is 0 Å². The lowest BCUT2D eigenvalue weighted by molar-refractivity contribution is 0.119. The Morgan fingerprint density at radius 2 is 2.08 bits per heavy atom. The Labute approximate surface area is 154 Å².